The lowest BCUT2D eigenvalue weighted by Crippen LogP contribution is -2.45. The molecule has 4 nitrogen and oxygen atoms in total. The van der Waals surface area contributed by atoms with Crippen LogP contribution in [0.3, 0.4) is 0 Å². The molecule has 0 bridgehead atoms. The number of benzene rings is 2. The molecule has 2 aromatic rings. The second-order valence-corrected chi connectivity index (χ2v) is 6.81. The number of rotatable bonds is 5. The zero-order valence-corrected chi connectivity index (χ0v) is 14.9. The molecule has 2 N–H and O–H groups in total. The maximum absolute atomic E-state index is 13.3. The van der Waals surface area contributed by atoms with E-state index in [2.05, 4.69) is 10.6 Å². The molecule has 1 aliphatic rings. The van der Waals surface area contributed by atoms with Crippen molar-refractivity contribution in [3.8, 4) is 0 Å². The summed E-state index contributed by atoms with van der Waals surface area (Å²) in [7, 11) is 0. The highest BCUT2D eigenvalue weighted by molar-refractivity contribution is 5.97. The first-order valence-electron chi connectivity index (χ1n) is 9.15. The average molecular weight is 372 g/mol. The largest absolute Gasteiger partial charge is 0.351 e. The van der Waals surface area contributed by atoms with Gasteiger partial charge in [0.25, 0.3) is 5.91 Å². The van der Waals surface area contributed by atoms with Gasteiger partial charge in [0.05, 0.1) is 0 Å². The minimum absolute atomic E-state index is 0.0805. The Bertz CT molecular complexity index is 785. The Labute approximate surface area is 157 Å². The molecule has 6 heteroatoms. The minimum atomic E-state index is -0.954. The lowest BCUT2D eigenvalue weighted by molar-refractivity contribution is -0.124. The molecule has 1 atom stereocenters. The number of carbonyl (C=O) groups excluding carboxylic acids is 2. The molecule has 0 spiro atoms. The van der Waals surface area contributed by atoms with Crippen LogP contribution in [0.2, 0.25) is 0 Å². The lowest BCUT2D eigenvalue weighted by atomic mass is 9.95. The van der Waals surface area contributed by atoms with Gasteiger partial charge >= 0.3 is 0 Å². The van der Waals surface area contributed by atoms with E-state index in [-0.39, 0.29) is 17.5 Å². The fraction of sp³-hybridized carbons (Fsp3) is 0.333. The molecule has 1 aliphatic carbocycles. The molecule has 2 amide bonds. The first-order chi connectivity index (χ1) is 13.0. The molecule has 2 aromatic carbocycles. The first kappa shape index (κ1) is 19.0. The van der Waals surface area contributed by atoms with E-state index in [4.69, 9.17) is 0 Å². The number of hydrogen-bond acceptors (Lipinski definition) is 2. The van der Waals surface area contributed by atoms with E-state index in [1.54, 1.807) is 0 Å². The predicted octanol–water partition coefficient (Wildman–Crippen LogP) is 3.88. The van der Waals surface area contributed by atoms with Crippen molar-refractivity contribution in [1.29, 1.82) is 0 Å². The molecule has 0 aromatic heterocycles. The minimum Gasteiger partial charge on any atom is -0.351 e. The summed E-state index contributed by atoms with van der Waals surface area (Å²) >= 11 is 0. The zero-order valence-electron chi connectivity index (χ0n) is 14.9. The van der Waals surface area contributed by atoms with E-state index in [9.17, 15) is 18.4 Å². The van der Waals surface area contributed by atoms with Crippen LogP contribution in [-0.2, 0) is 4.79 Å². The average Bonchev–Trinajstić information content (AvgIpc) is 2.68. The SMILES string of the molecule is O=C(NC(C(=O)NC1CCCCC1)c1ccc(F)cc1)c1ccc(F)cc1. The number of hydrogen-bond donors (Lipinski definition) is 2. The molecule has 3 rings (SSSR count). The van der Waals surface area contributed by atoms with E-state index in [0.717, 1.165) is 32.1 Å². The van der Waals surface area contributed by atoms with Crippen LogP contribution in [0.4, 0.5) is 8.78 Å². The van der Waals surface area contributed by atoms with Crippen molar-refractivity contribution >= 4 is 11.8 Å². The summed E-state index contributed by atoms with van der Waals surface area (Å²) in [6.07, 6.45) is 5.11. The fourth-order valence-corrected chi connectivity index (χ4v) is 3.30. The summed E-state index contributed by atoms with van der Waals surface area (Å²) in [6.45, 7) is 0. The fourth-order valence-electron chi connectivity index (χ4n) is 3.30. The summed E-state index contributed by atoms with van der Waals surface area (Å²) in [5.74, 6) is -1.70. The molecule has 0 radical (unpaired) electrons. The third kappa shape index (κ3) is 5.12. The molecule has 1 saturated carbocycles. The molecule has 0 heterocycles. The highest BCUT2D eigenvalue weighted by atomic mass is 19.1. The summed E-state index contributed by atoms with van der Waals surface area (Å²) in [5.41, 5.74) is 0.731. The van der Waals surface area contributed by atoms with E-state index < -0.39 is 23.6 Å². The van der Waals surface area contributed by atoms with Crippen molar-refractivity contribution < 1.29 is 18.4 Å². The van der Waals surface area contributed by atoms with Crippen molar-refractivity contribution in [3.05, 3.63) is 71.3 Å². The standard InChI is InChI=1S/C21H22F2N2O2/c22-16-10-6-14(7-11-16)19(21(27)24-18-4-2-1-3-5-18)25-20(26)15-8-12-17(23)13-9-15/h6-13,18-19H,1-5H2,(H,24,27)(H,25,26). The van der Waals surface area contributed by atoms with Crippen LogP contribution < -0.4 is 10.6 Å². The van der Waals surface area contributed by atoms with Crippen molar-refractivity contribution in [1.82, 2.24) is 10.6 Å². The topological polar surface area (TPSA) is 58.2 Å². The molecule has 142 valence electrons. The van der Waals surface area contributed by atoms with Crippen LogP contribution in [0.25, 0.3) is 0 Å². The summed E-state index contributed by atoms with van der Waals surface area (Å²) in [4.78, 5) is 25.4. The quantitative estimate of drug-likeness (QED) is 0.837. The van der Waals surface area contributed by atoms with Crippen LogP contribution >= 0.6 is 0 Å². The summed E-state index contributed by atoms with van der Waals surface area (Å²) in [5, 5.41) is 5.67. The van der Waals surface area contributed by atoms with Crippen molar-refractivity contribution in [2.24, 2.45) is 0 Å². The van der Waals surface area contributed by atoms with Gasteiger partial charge in [-0.25, -0.2) is 8.78 Å². The Morgan fingerprint density at radius 1 is 0.852 bits per heavy atom. The van der Waals surface area contributed by atoms with Crippen LogP contribution in [0.15, 0.2) is 48.5 Å². The number of carbonyl (C=O) groups is 2. The van der Waals surface area contributed by atoms with Crippen LogP contribution in [0.5, 0.6) is 0 Å². The monoisotopic (exact) mass is 372 g/mol. The third-order valence-electron chi connectivity index (χ3n) is 4.80. The van der Waals surface area contributed by atoms with Gasteiger partial charge in [-0.05, 0) is 54.8 Å². The number of nitrogens with one attached hydrogen (secondary N) is 2. The molecule has 1 fully saturated rings. The normalized spacial score (nSPS) is 15.8. The Hall–Kier alpha value is -2.76. The second kappa shape index (κ2) is 8.75. The Balaban J connectivity index is 1.78. The van der Waals surface area contributed by atoms with E-state index >= 15 is 0 Å². The van der Waals surface area contributed by atoms with Gasteiger partial charge in [-0.15, -0.1) is 0 Å². The highest BCUT2D eigenvalue weighted by Gasteiger charge is 2.26. The number of halogens is 2. The maximum Gasteiger partial charge on any atom is 0.252 e. The Morgan fingerprint density at radius 3 is 2.00 bits per heavy atom. The highest BCUT2D eigenvalue weighted by Crippen LogP contribution is 2.20. The Morgan fingerprint density at radius 2 is 1.41 bits per heavy atom. The molecule has 0 aliphatic heterocycles. The van der Waals surface area contributed by atoms with Crippen LogP contribution in [0, 0.1) is 11.6 Å². The van der Waals surface area contributed by atoms with Gasteiger partial charge in [-0.2, -0.15) is 0 Å². The number of amides is 2. The summed E-state index contributed by atoms with van der Waals surface area (Å²) in [6, 6.07) is 9.66. The molecule has 27 heavy (non-hydrogen) atoms. The second-order valence-electron chi connectivity index (χ2n) is 6.81. The van der Waals surface area contributed by atoms with Crippen LogP contribution in [0.1, 0.15) is 54.1 Å². The van der Waals surface area contributed by atoms with Gasteiger partial charge in [-0.1, -0.05) is 31.4 Å². The van der Waals surface area contributed by atoms with Gasteiger partial charge < -0.3 is 10.6 Å². The summed E-state index contributed by atoms with van der Waals surface area (Å²) < 4.78 is 26.3. The van der Waals surface area contributed by atoms with Gasteiger partial charge in [0, 0.05) is 11.6 Å². The predicted molar refractivity (Wildman–Crippen MR) is 98.0 cm³/mol. The smallest absolute Gasteiger partial charge is 0.252 e. The van der Waals surface area contributed by atoms with E-state index in [1.165, 1.54) is 48.5 Å². The molecular weight excluding hydrogens is 350 g/mol. The van der Waals surface area contributed by atoms with Gasteiger partial charge in [0.2, 0.25) is 5.91 Å². The van der Waals surface area contributed by atoms with Gasteiger partial charge in [0.1, 0.15) is 17.7 Å². The van der Waals surface area contributed by atoms with Crippen molar-refractivity contribution in [2.75, 3.05) is 0 Å². The lowest BCUT2D eigenvalue weighted by Gasteiger charge is -2.26. The third-order valence-corrected chi connectivity index (χ3v) is 4.80. The van der Waals surface area contributed by atoms with E-state index in [1.807, 2.05) is 0 Å². The molecule has 0 saturated heterocycles. The molecular formula is C21H22F2N2O2. The van der Waals surface area contributed by atoms with Crippen molar-refractivity contribution in [2.45, 2.75) is 44.2 Å². The van der Waals surface area contributed by atoms with Crippen molar-refractivity contribution in [3.63, 3.8) is 0 Å². The molecule has 1 unspecified atom stereocenters. The van der Waals surface area contributed by atoms with E-state index in [0.29, 0.717) is 5.56 Å². The van der Waals surface area contributed by atoms with Gasteiger partial charge in [-0.3, -0.25) is 9.59 Å². The maximum atomic E-state index is 13.3. The first-order valence-corrected chi connectivity index (χ1v) is 9.15. The zero-order chi connectivity index (χ0) is 19.2. The van der Waals surface area contributed by atoms with Crippen LogP contribution in [-0.4, -0.2) is 17.9 Å². The Kier molecular flexibility index (Phi) is 6.16. The van der Waals surface area contributed by atoms with Gasteiger partial charge in [0.15, 0.2) is 0 Å².